The number of nitrogens with zero attached hydrogens (tertiary/aromatic N) is 2. The van der Waals surface area contributed by atoms with Crippen LogP contribution in [0.25, 0.3) is 0 Å². The van der Waals surface area contributed by atoms with Crippen molar-refractivity contribution in [1.82, 2.24) is 10.2 Å². The Kier molecular flexibility index (Phi) is 11.9. The number of hydrogen-bond donors (Lipinski definition) is 1. The van der Waals surface area contributed by atoms with Crippen molar-refractivity contribution in [1.29, 1.82) is 0 Å². The standard InChI is InChI=1S/C31H37F2N3O6S/c1-5-7-18-34-31(38)27(6-2)35(20-22-8-10-23(32)11-9-22)30(37)21-36(25-14-12-24(33)13-15-25)43(39,40)26-16-17-28(41-3)29(19-26)42-4/h8-17,19,27H,5-7,18,20-21H2,1-4H3,(H,34,38). The predicted octanol–water partition coefficient (Wildman–Crippen LogP) is 4.90. The fourth-order valence-electron chi connectivity index (χ4n) is 4.45. The number of nitrogens with one attached hydrogen (secondary N) is 1. The molecule has 43 heavy (non-hydrogen) atoms. The van der Waals surface area contributed by atoms with Gasteiger partial charge in [0.1, 0.15) is 24.2 Å². The maximum atomic E-state index is 14.0. The normalized spacial score (nSPS) is 11.9. The molecule has 2 amide bonds. The Balaban J connectivity index is 2.06. The van der Waals surface area contributed by atoms with Crippen molar-refractivity contribution in [2.75, 3.05) is 31.6 Å². The SMILES string of the molecule is CCCCNC(=O)C(CC)N(Cc1ccc(F)cc1)C(=O)CN(c1ccc(F)cc1)S(=O)(=O)c1ccc(OC)c(OC)c1. The van der Waals surface area contributed by atoms with E-state index >= 15 is 0 Å². The summed E-state index contributed by atoms with van der Waals surface area (Å²) < 4.78 is 66.9. The second-order valence-electron chi connectivity index (χ2n) is 9.72. The molecule has 0 spiro atoms. The Morgan fingerprint density at radius 3 is 2.05 bits per heavy atom. The third-order valence-electron chi connectivity index (χ3n) is 6.82. The van der Waals surface area contributed by atoms with Crippen molar-refractivity contribution in [3.63, 3.8) is 0 Å². The molecule has 0 radical (unpaired) electrons. The van der Waals surface area contributed by atoms with Gasteiger partial charge in [-0.25, -0.2) is 17.2 Å². The summed E-state index contributed by atoms with van der Waals surface area (Å²) in [4.78, 5) is 28.4. The summed E-state index contributed by atoms with van der Waals surface area (Å²) in [5, 5.41) is 2.84. The molecule has 232 valence electrons. The number of amides is 2. The Labute approximate surface area is 251 Å². The molecule has 1 unspecified atom stereocenters. The van der Waals surface area contributed by atoms with Crippen LogP contribution < -0.4 is 19.1 Å². The number of sulfonamides is 1. The first kappa shape index (κ1) is 33.3. The van der Waals surface area contributed by atoms with Gasteiger partial charge in [0.2, 0.25) is 11.8 Å². The molecule has 9 nitrogen and oxygen atoms in total. The first-order valence-electron chi connectivity index (χ1n) is 13.9. The molecule has 0 saturated carbocycles. The molecule has 3 aromatic rings. The lowest BCUT2D eigenvalue weighted by Gasteiger charge is -2.33. The molecule has 0 bridgehead atoms. The van der Waals surface area contributed by atoms with Crippen molar-refractivity contribution in [3.05, 3.63) is 83.9 Å². The molecule has 0 aliphatic carbocycles. The number of rotatable bonds is 15. The van der Waals surface area contributed by atoms with E-state index in [-0.39, 0.29) is 35.2 Å². The highest BCUT2D eigenvalue weighted by Crippen LogP contribution is 2.32. The quantitative estimate of drug-likeness (QED) is 0.243. The average Bonchev–Trinajstić information content (AvgIpc) is 3.00. The van der Waals surface area contributed by atoms with Gasteiger partial charge in [-0.1, -0.05) is 32.4 Å². The minimum absolute atomic E-state index is 0.0340. The van der Waals surface area contributed by atoms with E-state index in [9.17, 15) is 26.8 Å². The molecule has 0 aromatic heterocycles. The van der Waals surface area contributed by atoms with E-state index in [2.05, 4.69) is 5.32 Å². The van der Waals surface area contributed by atoms with Gasteiger partial charge in [-0.2, -0.15) is 0 Å². The van der Waals surface area contributed by atoms with E-state index in [1.54, 1.807) is 6.92 Å². The van der Waals surface area contributed by atoms with E-state index in [1.807, 2.05) is 6.92 Å². The average molecular weight is 618 g/mol. The van der Waals surface area contributed by atoms with Gasteiger partial charge in [-0.15, -0.1) is 0 Å². The molecule has 0 saturated heterocycles. The Morgan fingerprint density at radius 1 is 0.884 bits per heavy atom. The first-order valence-corrected chi connectivity index (χ1v) is 15.3. The lowest BCUT2D eigenvalue weighted by atomic mass is 10.1. The van der Waals surface area contributed by atoms with Crippen LogP contribution in [-0.2, 0) is 26.2 Å². The molecular weight excluding hydrogens is 580 g/mol. The summed E-state index contributed by atoms with van der Waals surface area (Å²) in [6, 6.07) is 13.2. The van der Waals surface area contributed by atoms with Gasteiger partial charge in [-0.05, 0) is 66.9 Å². The molecule has 3 rings (SSSR count). The van der Waals surface area contributed by atoms with Crippen LogP contribution in [-0.4, -0.2) is 58.5 Å². The number of unbranched alkanes of at least 4 members (excludes halogenated alkanes) is 1. The number of methoxy groups -OCH3 is 2. The van der Waals surface area contributed by atoms with Crippen molar-refractivity contribution < 1.29 is 36.3 Å². The van der Waals surface area contributed by atoms with Gasteiger partial charge in [0.05, 0.1) is 24.8 Å². The molecule has 0 heterocycles. The number of halogens is 2. The van der Waals surface area contributed by atoms with Crippen LogP contribution in [0.3, 0.4) is 0 Å². The number of carbonyl (C=O) groups excluding carboxylic acids is 2. The van der Waals surface area contributed by atoms with Gasteiger partial charge in [-0.3, -0.25) is 13.9 Å². The Hall–Kier alpha value is -4.19. The minimum atomic E-state index is -4.42. The molecule has 12 heteroatoms. The molecule has 0 fully saturated rings. The topological polar surface area (TPSA) is 105 Å². The Bertz CT molecular complexity index is 1480. The van der Waals surface area contributed by atoms with Crippen molar-refractivity contribution in [3.8, 4) is 11.5 Å². The fraction of sp³-hybridized carbons (Fsp3) is 0.355. The zero-order valence-electron chi connectivity index (χ0n) is 24.7. The molecule has 0 aliphatic rings. The van der Waals surface area contributed by atoms with Crippen molar-refractivity contribution in [2.24, 2.45) is 0 Å². The number of ether oxygens (including phenoxy) is 2. The summed E-state index contributed by atoms with van der Waals surface area (Å²) in [6.07, 6.45) is 1.84. The minimum Gasteiger partial charge on any atom is -0.493 e. The van der Waals surface area contributed by atoms with Crippen LogP contribution in [0.15, 0.2) is 71.6 Å². The number of anilines is 1. The lowest BCUT2D eigenvalue weighted by molar-refractivity contribution is -0.140. The summed E-state index contributed by atoms with van der Waals surface area (Å²) in [5.74, 6) is -1.67. The maximum absolute atomic E-state index is 14.0. The van der Waals surface area contributed by atoms with E-state index in [0.717, 1.165) is 29.3 Å². The molecule has 1 atom stereocenters. The van der Waals surface area contributed by atoms with Crippen molar-refractivity contribution in [2.45, 2.75) is 50.6 Å². The van der Waals surface area contributed by atoms with Gasteiger partial charge in [0.25, 0.3) is 10.0 Å². The van der Waals surface area contributed by atoms with Crippen LogP contribution in [0.1, 0.15) is 38.7 Å². The van der Waals surface area contributed by atoms with Crippen LogP contribution in [0, 0.1) is 11.6 Å². The Morgan fingerprint density at radius 2 is 1.49 bits per heavy atom. The fourth-order valence-corrected chi connectivity index (χ4v) is 5.88. The second-order valence-corrected chi connectivity index (χ2v) is 11.6. The van der Waals surface area contributed by atoms with Gasteiger partial charge < -0.3 is 19.7 Å². The zero-order valence-corrected chi connectivity index (χ0v) is 25.5. The number of carbonyl (C=O) groups is 2. The smallest absolute Gasteiger partial charge is 0.264 e. The third-order valence-corrected chi connectivity index (χ3v) is 8.59. The second kappa shape index (κ2) is 15.3. The lowest BCUT2D eigenvalue weighted by Crippen LogP contribution is -2.52. The van der Waals surface area contributed by atoms with Gasteiger partial charge in [0.15, 0.2) is 11.5 Å². The van der Waals surface area contributed by atoms with Gasteiger partial charge >= 0.3 is 0 Å². The summed E-state index contributed by atoms with van der Waals surface area (Å²) >= 11 is 0. The van der Waals surface area contributed by atoms with E-state index < -0.39 is 40.2 Å². The van der Waals surface area contributed by atoms with Crippen LogP contribution in [0.5, 0.6) is 11.5 Å². The van der Waals surface area contributed by atoms with Crippen LogP contribution in [0.2, 0.25) is 0 Å². The first-order chi connectivity index (χ1) is 20.5. The zero-order chi connectivity index (χ0) is 31.6. The summed E-state index contributed by atoms with van der Waals surface area (Å²) in [7, 11) is -1.65. The number of hydrogen-bond acceptors (Lipinski definition) is 6. The van der Waals surface area contributed by atoms with Gasteiger partial charge in [0, 0.05) is 19.2 Å². The molecule has 0 aliphatic heterocycles. The van der Waals surface area contributed by atoms with Crippen molar-refractivity contribution >= 4 is 27.5 Å². The number of benzene rings is 3. The summed E-state index contributed by atoms with van der Waals surface area (Å²) in [5.41, 5.74) is 0.581. The predicted molar refractivity (Wildman–Crippen MR) is 159 cm³/mol. The summed E-state index contributed by atoms with van der Waals surface area (Å²) in [6.45, 7) is 3.36. The third kappa shape index (κ3) is 8.44. The molecule has 1 N–H and O–H groups in total. The highest BCUT2D eigenvalue weighted by atomic mass is 32.2. The highest BCUT2D eigenvalue weighted by molar-refractivity contribution is 7.92. The largest absolute Gasteiger partial charge is 0.493 e. The molecule has 3 aromatic carbocycles. The molecular formula is C31H37F2N3O6S. The van der Waals surface area contributed by atoms with Crippen LogP contribution >= 0.6 is 0 Å². The monoisotopic (exact) mass is 617 g/mol. The van der Waals surface area contributed by atoms with E-state index in [4.69, 9.17) is 9.47 Å². The highest BCUT2D eigenvalue weighted by Gasteiger charge is 2.34. The maximum Gasteiger partial charge on any atom is 0.264 e. The van der Waals surface area contributed by atoms with E-state index in [0.29, 0.717) is 17.9 Å². The van der Waals surface area contributed by atoms with Crippen LogP contribution in [0.4, 0.5) is 14.5 Å². The van der Waals surface area contributed by atoms with E-state index in [1.165, 1.54) is 73.7 Å².